The van der Waals surface area contributed by atoms with E-state index < -0.39 is 5.97 Å². The molecule has 0 saturated carbocycles. The quantitative estimate of drug-likeness (QED) is 0.354. The van der Waals surface area contributed by atoms with Crippen molar-refractivity contribution in [2.75, 3.05) is 0 Å². The van der Waals surface area contributed by atoms with Crippen molar-refractivity contribution in [2.24, 2.45) is 0 Å². The zero-order valence-corrected chi connectivity index (χ0v) is 17.2. The minimum absolute atomic E-state index is 0.0112. The van der Waals surface area contributed by atoms with E-state index in [0.717, 1.165) is 5.56 Å². The standard InChI is InChI=1S/C22H14Cl3NO3/c23-14-8-6-13(7-9-14)12-26-19-11-18(25)17(24)10-16(19)21(20(26)22(27)28)29-15-4-2-1-3-5-15/h1-11H,12H2,(H,27,28). The van der Waals surface area contributed by atoms with Crippen LogP contribution in [0.3, 0.4) is 0 Å². The zero-order valence-electron chi connectivity index (χ0n) is 14.9. The van der Waals surface area contributed by atoms with Gasteiger partial charge in [0, 0.05) is 17.0 Å². The molecule has 0 saturated heterocycles. The van der Waals surface area contributed by atoms with Crippen molar-refractivity contribution in [3.63, 3.8) is 0 Å². The fraction of sp³-hybridized carbons (Fsp3) is 0.0455. The van der Waals surface area contributed by atoms with Crippen LogP contribution in [0.15, 0.2) is 66.7 Å². The Morgan fingerprint density at radius 3 is 2.24 bits per heavy atom. The molecular weight excluding hydrogens is 433 g/mol. The molecule has 4 nitrogen and oxygen atoms in total. The van der Waals surface area contributed by atoms with Gasteiger partial charge in [-0.3, -0.25) is 0 Å². The molecule has 0 aliphatic carbocycles. The molecule has 4 rings (SSSR count). The molecule has 1 aromatic heterocycles. The van der Waals surface area contributed by atoms with Gasteiger partial charge in [-0.25, -0.2) is 4.79 Å². The van der Waals surface area contributed by atoms with Crippen LogP contribution in [0.5, 0.6) is 11.5 Å². The lowest BCUT2D eigenvalue weighted by Crippen LogP contribution is -2.10. The molecule has 0 radical (unpaired) electrons. The Balaban J connectivity index is 1.95. The van der Waals surface area contributed by atoms with E-state index in [-0.39, 0.29) is 11.4 Å². The maximum Gasteiger partial charge on any atom is 0.356 e. The highest BCUT2D eigenvalue weighted by atomic mass is 35.5. The van der Waals surface area contributed by atoms with Crippen LogP contribution < -0.4 is 4.74 Å². The van der Waals surface area contributed by atoms with Crippen molar-refractivity contribution in [1.82, 2.24) is 4.57 Å². The smallest absolute Gasteiger partial charge is 0.356 e. The van der Waals surface area contributed by atoms with Crippen LogP contribution in [0.1, 0.15) is 16.1 Å². The molecule has 0 aliphatic heterocycles. The minimum atomic E-state index is -1.12. The number of hydrogen-bond donors (Lipinski definition) is 1. The number of aromatic carboxylic acids is 1. The number of aromatic nitrogens is 1. The number of ether oxygens (including phenoxy) is 1. The van der Waals surface area contributed by atoms with Crippen molar-refractivity contribution in [3.05, 3.63) is 93.1 Å². The lowest BCUT2D eigenvalue weighted by molar-refractivity contribution is 0.0683. The number of halogens is 3. The van der Waals surface area contributed by atoms with Gasteiger partial charge in [0.15, 0.2) is 11.4 Å². The van der Waals surface area contributed by atoms with E-state index in [0.29, 0.717) is 38.3 Å². The number of hydrogen-bond acceptors (Lipinski definition) is 2. The van der Waals surface area contributed by atoms with Crippen molar-refractivity contribution in [2.45, 2.75) is 6.54 Å². The van der Waals surface area contributed by atoms with Crippen molar-refractivity contribution in [3.8, 4) is 11.5 Å². The monoisotopic (exact) mass is 445 g/mol. The molecule has 0 atom stereocenters. The van der Waals surface area contributed by atoms with Crippen molar-refractivity contribution in [1.29, 1.82) is 0 Å². The highest BCUT2D eigenvalue weighted by Gasteiger charge is 2.25. The number of carboxylic acid groups (broad SMARTS) is 1. The summed E-state index contributed by atoms with van der Waals surface area (Å²) in [5.74, 6) is -0.383. The Hall–Kier alpha value is -2.66. The number of carboxylic acids is 1. The van der Waals surface area contributed by atoms with Crippen LogP contribution >= 0.6 is 34.8 Å². The van der Waals surface area contributed by atoms with Crippen molar-refractivity contribution < 1.29 is 14.6 Å². The fourth-order valence-electron chi connectivity index (χ4n) is 3.17. The Labute approximate surface area is 181 Å². The third-order valence-corrected chi connectivity index (χ3v) is 5.45. The number of carbonyl (C=O) groups is 1. The molecule has 29 heavy (non-hydrogen) atoms. The Morgan fingerprint density at radius 1 is 0.931 bits per heavy atom. The first-order valence-corrected chi connectivity index (χ1v) is 9.79. The van der Waals surface area contributed by atoms with Crippen LogP contribution in [0, 0.1) is 0 Å². The topological polar surface area (TPSA) is 51.5 Å². The summed E-state index contributed by atoms with van der Waals surface area (Å²) in [5.41, 5.74) is 1.50. The zero-order chi connectivity index (χ0) is 20.5. The molecule has 0 aliphatic rings. The molecule has 1 N–H and O–H groups in total. The Bertz CT molecular complexity index is 1200. The van der Waals surface area contributed by atoms with Gasteiger partial charge in [0.25, 0.3) is 0 Å². The first-order valence-electron chi connectivity index (χ1n) is 8.66. The highest BCUT2D eigenvalue weighted by molar-refractivity contribution is 6.43. The van der Waals surface area contributed by atoms with Crippen LogP contribution in [-0.4, -0.2) is 15.6 Å². The van der Waals surface area contributed by atoms with Crippen LogP contribution in [0.25, 0.3) is 10.9 Å². The summed E-state index contributed by atoms with van der Waals surface area (Å²) in [5, 5.41) is 11.8. The predicted octanol–water partition coefficient (Wildman–Crippen LogP) is 7.14. The minimum Gasteiger partial charge on any atom is -0.476 e. The second-order valence-electron chi connectivity index (χ2n) is 6.39. The van der Waals surface area contributed by atoms with E-state index in [2.05, 4.69) is 0 Å². The second-order valence-corrected chi connectivity index (χ2v) is 7.64. The molecule has 0 fully saturated rings. The van der Waals surface area contributed by atoms with Gasteiger partial charge in [0.2, 0.25) is 0 Å². The molecule has 0 unspecified atom stereocenters. The normalized spacial score (nSPS) is 11.0. The maximum absolute atomic E-state index is 12.2. The predicted molar refractivity (Wildman–Crippen MR) is 116 cm³/mol. The lowest BCUT2D eigenvalue weighted by atomic mass is 10.2. The molecule has 1 heterocycles. The number of rotatable bonds is 5. The summed E-state index contributed by atoms with van der Waals surface area (Å²) >= 11 is 18.4. The van der Waals surface area contributed by atoms with E-state index in [1.54, 1.807) is 41.0 Å². The molecular formula is C22H14Cl3NO3. The second kappa shape index (κ2) is 7.99. The Kier molecular flexibility index (Phi) is 5.41. The first kappa shape index (κ1) is 19.6. The number of nitrogens with zero attached hydrogens (tertiary/aromatic N) is 1. The van der Waals surface area contributed by atoms with Gasteiger partial charge < -0.3 is 14.4 Å². The fourth-order valence-corrected chi connectivity index (χ4v) is 3.62. The van der Waals surface area contributed by atoms with Gasteiger partial charge in [0.05, 0.1) is 15.6 Å². The number of para-hydroxylation sites is 1. The first-order chi connectivity index (χ1) is 13.9. The number of benzene rings is 3. The van der Waals surface area contributed by atoms with Gasteiger partial charge in [-0.2, -0.15) is 0 Å². The third kappa shape index (κ3) is 3.92. The summed E-state index contributed by atoms with van der Waals surface area (Å²) in [6.45, 7) is 0.297. The van der Waals surface area contributed by atoms with E-state index in [1.807, 2.05) is 30.3 Å². The van der Waals surface area contributed by atoms with E-state index >= 15 is 0 Å². The summed E-state index contributed by atoms with van der Waals surface area (Å²) in [4.78, 5) is 12.2. The van der Waals surface area contributed by atoms with E-state index in [4.69, 9.17) is 39.5 Å². The summed E-state index contributed by atoms with van der Waals surface area (Å²) in [7, 11) is 0. The molecule has 0 spiro atoms. The van der Waals surface area contributed by atoms with Crippen LogP contribution in [0.2, 0.25) is 15.1 Å². The van der Waals surface area contributed by atoms with E-state index in [9.17, 15) is 9.90 Å². The van der Waals surface area contributed by atoms with Gasteiger partial charge in [-0.1, -0.05) is 65.1 Å². The summed E-state index contributed by atoms with van der Waals surface area (Å²) in [6, 6.07) is 19.5. The van der Waals surface area contributed by atoms with Crippen LogP contribution in [-0.2, 0) is 6.54 Å². The highest BCUT2D eigenvalue weighted by Crippen LogP contribution is 2.40. The molecule has 146 valence electrons. The van der Waals surface area contributed by atoms with Gasteiger partial charge in [-0.05, 0) is 42.0 Å². The average molecular weight is 447 g/mol. The summed E-state index contributed by atoms with van der Waals surface area (Å²) < 4.78 is 7.65. The Morgan fingerprint density at radius 2 is 1.59 bits per heavy atom. The average Bonchev–Trinajstić information content (AvgIpc) is 2.97. The summed E-state index contributed by atoms with van der Waals surface area (Å²) in [6.07, 6.45) is 0. The largest absolute Gasteiger partial charge is 0.476 e. The van der Waals surface area contributed by atoms with E-state index in [1.165, 1.54) is 0 Å². The molecule has 3 aromatic carbocycles. The third-order valence-electron chi connectivity index (χ3n) is 4.48. The molecule has 7 heteroatoms. The van der Waals surface area contributed by atoms with Crippen molar-refractivity contribution >= 4 is 51.7 Å². The maximum atomic E-state index is 12.2. The molecule has 0 amide bonds. The van der Waals surface area contributed by atoms with Gasteiger partial charge in [0.1, 0.15) is 5.75 Å². The molecule has 0 bridgehead atoms. The lowest BCUT2D eigenvalue weighted by Gasteiger charge is -2.10. The molecule has 4 aromatic rings. The number of fused-ring (bicyclic) bond motifs is 1. The van der Waals surface area contributed by atoms with Gasteiger partial charge >= 0.3 is 5.97 Å². The van der Waals surface area contributed by atoms with Crippen LogP contribution in [0.4, 0.5) is 0 Å². The SMILES string of the molecule is O=C(O)c1c(Oc2ccccc2)c2cc(Cl)c(Cl)cc2n1Cc1ccc(Cl)cc1. The van der Waals surface area contributed by atoms with Gasteiger partial charge in [-0.15, -0.1) is 0 Å².